The van der Waals surface area contributed by atoms with Crippen LogP contribution in [0.2, 0.25) is 0 Å². The third kappa shape index (κ3) is 3.75. The zero-order valence-electron chi connectivity index (χ0n) is 16.4. The lowest BCUT2D eigenvalue weighted by Crippen LogP contribution is -2.26. The molecule has 4 nitrogen and oxygen atoms in total. The Balaban J connectivity index is 1.10. The number of pyridine rings is 1. The number of carbonyl (C=O) groups excluding carboxylic acids is 1. The highest BCUT2D eigenvalue weighted by Crippen LogP contribution is 2.54. The summed E-state index contributed by atoms with van der Waals surface area (Å²) in [6, 6.07) is 19.0. The molecule has 1 saturated carbocycles. The average molecular weight is 383 g/mol. The lowest BCUT2D eigenvalue weighted by molar-refractivity contribution is -0.116. The molecule has 0 spiro atoms. The number of nitrogens with one attached hydrogen (secondary N) is 1. The number of amides is 1. The van der Waals surface area contributed by atoms with Crippen LogP contribution in [0.5, 0.6) is 0 Å². The summed E-state index contributed by atoms with van der Waals surface area (Å²) < 4.78 is 0. The first-order valence-electron chi connectivity index (χ1n) is 10.4. The molecule has 146 valence electrons. The van der Waals surface area contributed by atoms with Crippen LogP contribution < -0.4 is 10.2 Å². The van der Waals surface area contributed by atoms with Gasteiger partial charge in [-0.15, -0.1) is 0 Å². The molecule has 1 amide bonds. The highest BCUT2D eigenvalue weighted by molar-refractivity contribution is 5.94. The van der Waals surface area contributed by atoms with Crippen molar-refractivity contribution in [3.05, 3.63) is 78.6 Å². The van der Waals surface area contributed by atoms with Crippen molar-refractivity contribution in [3.8, 4) is 0 Å². The predicted molar refractivity (Wildman–Crippen MR) is 118 cm³/mol. The first-order chi connectivity index (χ1) is 14.3. The fraction of sp³-hybridized carbons (Fsp3) is 0.280. The van der Waals surface area contributed by atoms with E-state index in [1.54, 1.807) is 24.5 Å². The number of piperidine rings is 1. The van der Waals surface area contributed by atoms with Crippen LogP contribution in [0.4, 0.5) is 5.69 Å². The van der Waals surface area contributed by atoms with E-state index in [0.717, 1.165) is 49.4 Å². The number of hydrogen-bond donors (Lipinski definition) is 1. The summed E-state index contributed by atoms with van der Waals surface area (Å²) in [7, 11) is 0. The van der Waals surface area contributed by atoms with Crippen LogP contribution in [0, 0.1) is 17.8 Å². The molecule has 1 saturated heterocycles. The lowest BCUT2D eigenvalue weighted by atomic mass is 10.1. The maximum atomic E-state index is 12.0. The molecule has 0 radical (unpaired) electrons. The van der Waals surface area contributed by atoms with Crippen LogP contribution in [-0.4, -0.2) is 30.5 Å². The van der Waals surface area contributed by atoms with Gasteiger partial charge in [-0.05, 0) is 53.3 Å². The average Bonchev–Trinajstić information content (AvgIpc) is 3.21. The van der Waals surface area contributed by atoms with Crippen molar-refractivity contribution in [3.63, 3.8) is 0 Å². The molecular weight excluding hydrogens is 358 g/mol. The Morgan fingerprint density at radius 3 is 2.72 bits per heavy atom. The van der Waals surface area contributed by atoms with Crippen LogP contribution in [0.15, 0.2) is 73.1 Å². The molecule has 3 aromatic rings. The second-order valence-electron chi connectivity index (χ2n) is 8.09. The van der Waals surface area contributed by atoms with E-state index >= 15 is 0 Å². The Labute approximate surface area is 171 Å². The van der Waals surface area contributed by atoms with Gasteiger partial charge in [0.15, 0.2) is 0 Å². The van der Waals surface area contributed by atoms with Gasteiger partial charge >= 0.3 is 0 Å². The van der Waals surface area contributed by atoms with E-state index in [-0.39, 0.29) is 5.91 Å². The van der Waals surface area contributed by atoms with Crippen LogP contribution in [-0.2, 0) is 4.79 Å². The minimum Gasteiger partial charge on any atom is -0.370 e. The zero-order chi connectivity index (χ0) is 19.6. The largest absolute Gasteiger partial charge is 0.370 e. The van der Waals surface area contributed by atoms with Gasteiger partial charge in [0.05, 0.1) is 0 Å². The quantitative estimate of drug-likeness (QED) is 0.651. The first-order valence-corrected chi connectivity index (χ1v) is 10.4. The van der Waals surface area contributed by atoms with E-state index in [4.69, 9.17) is 0 Å². The maximum absolute atomic E-state index is 12.0. The molecule has 2 aromatic carbocycles. The van der Waals surface area contributed by atoms with E-state index in [2.05, 4.69) is 57.7 Å². The van der Waals surface area contributed by atoms with Crippen LogP contribution >= 0.6 is 0 Å². The van der Waals surface area contributed by atoms with E-state index < -0.39 is 0 Å². The third-order valence-electron chi connectivity index (χ3n) is 6.37. The molecule has 29 heavy (non-hydrogen) atoms. The lowest BCUT2D eigenvalue weighted by Gasteiger charge is -2.23. The van der Waals surface area contributed by atoms with E-state index in [0.29, 0.717) is 0 Å². The summed E-state index contributed by atoms with van der Waals surface area (Å²) in [5.74, 6) is 2.27. The molecule has 2 aliphatic rings. The smallest absolute Gasteiger partial charge is 0.244 e. The van der Waals surface area contributed by atoms with Crippen LogP contribution in [0.25, 0.3) is 16.8 Å². The predicted octanol–water partition coefficient (Wildman–Crippen LogP) is 4.14. The molecule has 0 bridgehead atoms. The normalized spacial score (nSPS) is 22.8. The molecule has 4 heteroatoms. The Kier molecular flexibility index (Phi) is 4.76. The van der Waals surface area contributed by atoms with Gasteiger partial charge in [-0.3, -0.25) is 9.78 Å². The van der Waals surface area contributed by atoms with Crippen molar-refractivity contribution < 1.29 is 4.79 Å². The van der Waals surface area contributed by atoms with Crippen LogP contribution in [0.1, 0.15) is 12.0 Å². The van der Waals surface area contributed by atoms with Gasteiger partial charge in [-0.1, -0.05) is 42.5 Å². The molecule has 1 aliphatic heterocycles. The van der Waals surface area contributed by atoms with Crippen molar-refractivity contribution >= 4 is 28.4 Å². The van der Waals surface area contributed by atoms with Gasteiger partial charge < -0.3 is 10.2 Å². The number of rotatable bonds is 6. The van der Waals surface area contributed by atoms with Crippen LogP contribution in [0.3, 0.4) is 0 Å². The van der Waals surface area contributed by atoms with E-state index in [1.807, 2.05) is 12.1 Å². The highest BCUT2D eigenvalue weighted by Gasteiger charge is 2.54. The number of anilines is 1. The molecule has 1 aromatic heterocycles. The summed E-state index contributed by atoms with van der Waals surface area (Å²) in [5, 5.41) is 5.68. The molecule has 2 heterocycles. The Hall–Kier alpha value is -3.14. The van der Waals surface area contributed by atoms with Gasteiger partial charge in [0.2, 0.25) is 5.91 Å². The Bertz CT molecular complexity index is 1030. The summed E-state index contributed by atoms with van der Waals surface area (Å²) in [6.45, 7) is 3.03. The standard InChI is InChI=1S/C25H25N3O/c29-25(11-10-18-5-4-13-26-15-18)27-14-12-21-22-16-28(17-23(21)22)24-9-3-7-19-6-1-2-8-20(19)24/h1-11,13,15,21-23H,12,14,16-17H2,(H,27,29)/b11-10+/t21-,22-,23+. The number of aromatic nitrogens is 1. The van der Waals surface area contributed by atoms with Gasteiger partial charge in [0, 0.05) is 49.2 Å². The van der Waals surface area contributed by atoms with Gasteiger partial charge in [-0.2, -0.15) is 0 Å². The summed E-state index contributed by atoms with van der Waals surface area (Å²) >= 11 is 0. The number of fused-ring (bicyclic) bond motifs is 2. The molecule has 5 rings (SSSR count). The Morgan fingerprint density at radius 1 is 1.07 bits per heavy atom. The van der Waals surface area contributed by atoms with E-state index in [1.165, 1.54) is 16.5 Å². The van der Waals surface area contributed by atoms with Gasteiger partial charge in [0.1, 0.15) is 0 Å². The SMILES string of the molecule is O=C(/C=C/c1cccnc1)NCC[C@@H]1[C@H]2CN(c3cccc4ccccc34)C[C@@H]12. The van der Waals surface area contributed by atoms with Crippen molar-refractivity contribution in [1.29, 1.82) is 0 Å². The third-order valence-corrected chi connectivity index (χ3v) is 6.37. The van der Waals surface area contributed by atoms with Crippen molar-refractivity contribution in [1.82, 2.24) is 10.3 Å². The molecule has 1 N–H and O–H groups in total. The second kappa shape index (κ2) is 7.70. The van der Waals surface area contributed by atoms with E-state index in [9.17, 15) is 4.79 Å². The molecule has 2 fully saturated rings. The summed E-state index contributed by atoms with van der Waals surface area (Å²) in [6.07, 6.45) is 7.94. The fourth-order valence-corrected chi connectivity index (χ4v) is 4.83. The molecule has 1 aliphatic carbocycles. The minimum absolute atomic E-state index is 0.0305. The topological polar surface area (TPSA) is 45.2 Å². The summed E-state index contributed by atoms with van der Waals surface area (Å²) in [4.78, 5) is 18.6. The maximum Gasteiger partial charge on any atom is 0.244 e. The van der Waals surface area contributed by atoms with Crippen molar-refractivity contribution in [2.75, 3.05) is 24.5 Å². The Morgan fingerprint density at radius 2 is 1.90 bits per heavy atom. The number of hydrogen-bond acceptors (Lipinski definition) is 3. The number of carbonyl (C=O) groups is 1. The monoisotopic (exact) mass is 383 g/mol. The zero-order valence-corrected chi connectivity index (χ0v) is 16.4. The highest BCUT2D eigenvalue weighted by atomic mass is 16.1. The first kappa shape index (κ1) is 17.9. The van der Waals surface area contributed by atoms with Gasteiger partial charge in [0.25, 0.3) is 0 Å². The molecular formula is C25H25N3O. The number of benzene rings is 2. The molecule has 0 unspecified atom stereocenters. The fourth-order valence-electron chi connectivity index (χ4n) is 4.83. The van der Waals surface area contributed by atoms with Crippen molar-refractivity contribution in [2.24, 2.45) is 17.8 Å². The summed E-state index contributed by atoms with van der Waals surface area (Å²) in [5.41, 5.74) is 2.30. The van der Waals surface area contributed by atoms with Gasteiger partial charge in [-0.25, -0.2) is 0 Å². The van der Waals surface area contributed by atoms with Crippen molar-refractivity contribution in [2.45, 2.75) is 6.42 Å². The molecule has 3 atom stereocenters. The second-order valence-corrected chi connectivity index (χ2v) is 8.09. The minimum atomic E-state index is -0.0305. The number of nitrogens with zero attached hydrogens (tertiary/aromatic N) is 2.